The van der Waals surface area contributed by atoms with Gasteiger partial charge < -0.3 is 26.6 Å². The molecule has 1 atom stereocenters. The van der Waals surface area contributed by atoms with Crippen LogP contribution in [0.1, 0.15) is 10.5 Å². The van der Waals surface area contributed by atoms with Crippen LogP contribution in [0.25, 0.3) is 0 Å². The summed E-state index contributed by atoms with van der Waals surface area (Å²) in [7, 11) is 0. The highest BCUT2D eigenvalue weighted by atomic mass is 16.2. The molecule has 8 nitrogen and oxygen atoms in total. The quantitative estimate of drug-likeness (QED) is 0.639. The van der Waals surface area contributed by atoms with E-state index >= 15 is 0 Å². The van der Waals surface area contributed by atoms with Gasteiger partial charge in [-0.3, -0.25) is 4.79 Å². The van der Waals surface area contributed by atoms with E-state index in [1.165, 1.54) is 6.07 Å². The fraction of sp³-hybridized carbons (Fsp3) is 0.417. The molecule has 0 saturated carbocycles. The number of pyridine rings is 1. The highest BCUT2D eigenvalue weighted by Gasteiger charge is 2.36. The third-order valence-corrected chi connectivity index (χ3v) is 3.69. The van der Waals surface area contributed by atoms with Gasteiger partial charge in [0, 0.05) is 26.2 Å². The Kier molecular flexibility index (Phi) is 2.85. The van der Waals surface area contributed by atoms with Crippen LogP contribution in [0.3, 0.4) is 0 Å². The SMILES string of the molecule is NC(=O)c1ccc(N)c(N2CCN3C(=O)NCC3C2)n1. The predicted molar refractivity (Wildman–Crippen MR) is 73.3 cm³/mol. The summed E-state index contributed by atoms with van der Waals surface area (Å²) in [6.07, 6.45) is 0. The van der Waals surface area contributed by atoms with Gasteiger partial charge in [0.05, 0.1) is 11.7 Å². The van der Waals surface area contributed by atoms with E-state index in [1.54, 1.807) is 6.07 Å². The number of carbonyl (C=O) groups is 2. The maximum absolute atomic E-state index is 11.6. The first kappa shape index (κ1) is 12.5. The minimum Gasteiger partial charge on any atom is -0.396 e. The number of nitrogens with one attached hydrogen (secondary N) is 1. The van der Waals surface area contributed by atoms with E-state index in [9.17, 15) is 9.59 Å². The van der Waals surface area contributed by atoms with E-state index in [2.05, 4.69) is 10.3 Å². The van der Waals surface area contributed by atoms with Crippen LogP contribution in [-0.4, -0.2) is 54.0 Å². The Labute approximate surface area is 115 Å². The summed E-state index contributed by atoms with van der Waals surface area (Å²) in [5.41, 5.74) is 11.9. The summed E-state index contributed by atoms with van der Waals surface area (Å²) in [5.74, 6) is -0.0251. The third kappa shape index (κ3) is 1.98. The second kappa shape index (κ2) is 4.55. The van der Waals surface area contributed by atoms with Crippen molar-refractivity contribution >= 4 is 23.4 Å². The van der Waals surface area contributed by atoms with Crippen molar-refractivity contribution in [3.8, 4) is 0 Å². The smallest absolute Gasteiger partial charge is 0.317 e. The number of hydrogen-bond acceptors (Lipinski definition) is 5. The molecule has 3 heterocycles. The number of nitrogens with zero attached hydrogens (tertiary/aromatic N) is 3. The molecule has 2 aliphatic heterocycles. The number of primary amides is 1. The zero-order chi connectivity index (χ0) is 14.3. The average molecular weight is 276 g/mol. The first-order valence-electron chi connectivity index (χ1n) is 6.42. The topological polar surface area (TPSA) is 118 Å². The lowest BCUT2D eigenvalue weighted by atomic mass is 10.2. The summed E-state index contributed by atoms with van der Waals surface area (Å²) in [4.78, 5) is 30.8. The average Bonchev–Trinajstić information content (AvgIpc) is 2.80. The minimum absolute atomic E-state index is 0.0264. The van der Waals surface area contributed by atoms with Crippen molar-refractivity contribution in [3.63, 3.8) is 0 Å². The van der Waals surface area contributed by atoms with E-state index in [4.69, 9.17) is 11.5 Å². The van der Waals surface area contributed by atoms with E-state index in [-0.39, 0.29) is 17.8 Å². The minimum atomic E-state index is -0.581. The Morgan fingerprint density at radius 1 is 1.40 bits per heavy atom. The summed E-state index contributed by atoms with van der Waals surface area (Å²) in [5, 5.41) is 2.81. The van der Waals surface area contributed by atoms with Gasteiger partial charge in [0.2, 0.25) is 0 Å². The van der Waals surface area contributed by atoms with Gasteiger partial charge in [-0.2, -0.15) is 0 Å². The highest BCUT2D eigenvalue weighted by Crippen LogP contribution is 2.25. The Bertz CT molecular complexity index is 575. The lowest BCUT2D eigenvalue weighted by molar-refractivity contribution is 0.0995. The number of hydrogen-bond donors (Lipinski definition) is 3. The normalized spacial score (nSPS) is 21.6. The molecule has 1 aromatic rings. The van der Waals surface area contributed by atoms with Crippen LogP contribution in [-0.2, 0) is 0 Å². The highest BCUT2D eigenvalue weighted by molar-refractivity contribution is 5.92. The molecule has 1 unspecified atom stereocenters. The number of fused-ring (bicyclic) bond motifs is 1. The number of urea groups is 1. The maximum atomic E-state index is 11.6. The molecule has 20 heavy (non-hydrogen) atoms. The largest absolute Gasteiger partial charge is 0.396 e. The molecule has 3 amide bonds. The number of aromatic nitrogens is 1. The number of piperazine rings is 1. The van der Waals surface area contributed by atoms with E-state index in [1.807, 2.05) is 9.80 Å². The van der Waals surface area contributed by atoms with Crippen LogP contribution >= 0.6 is 0 Å². The predicted octanol–water partition coefficient (Wildman–Crippen LogP) is -1.02. The number of nitrogens with two attached hydrogens (primary N) is 2. The molecule has 0 radical (unpaired) electrons. The van der Waals surface area contributed by atoms with Crippen LogP contribution in [0.15, 0.2) is 12.1 Å². The number of carbonyl (C=O) groups excluding carboxylic acids is 2. The molecule has 0 spiro atoms. The van der Waals surface area contributed by atoms with Gasteiger partial charge in [0.1, 0.15) is 5.69 Å². The van der Waals surface area contributed by atoms with Gasteiger partial charge in [-0.25, -0.2) is 9.78 Å². The fourth-order valence-corrected chi connectivity index (χ4v) is 2.65. The van der Waals surface area contributed by atoms with Crippen LogP contribution in [0, 0.1) is 0 Å². The summed E-state index contributed by atoms with van der Waals surface area (Å²) >= 11 is 0. The Hall–Kier alpha value is -2.51. The molecule has 1 aromatic heterocycles. The van der Waals surface area contributed by atoms with Gasteiger partial charge in [-0.1, -0.05) is 0 Å². The molecule has 0 aliphatic carbocycles. The van der Waals surface area contributed by atoms with Crippen molar-refractivity contribution in [2.45, 2.75) is 6.04 Å². The molecule has 2 aliphatic rings. The Morgan fingerprint density at radius 2 is 2.20 bits per heavy atom. The molecule has 5 N–H and O–H groups in total. The van der Waals surface area contributed by atoms with Gasteiger partial charge in [-0.05, 0) is 12.1 Å². The Balaban J connectivity index is 1.85. The molecule has 0 aromatic carbocycles. The fourth-order valence-electron chi connectivity index (χ4n) is 2.65. The van der Waals surface area contributed by atoms with Crippen LogP contribution in [0.4, 0.5) is 16.3 Å². The van der Waals surface area contributed by atoms with Crippen molar-refractivity contribution in [2.24, 2.45) is 5.73 Å². The molecule has 106 valence electrons. The van der Waals surface area contributed by atoms with Crippen molar-refractivity contribution in [1.82, 2.24) is 15.2 Å². The van der Waals surface area contributed by atoms with E-state index < -0.39 is 5.91 Å². The maximum Gasteiger partial charge on any atom is 0.317 e. The second-order valence-corrected chi connectivity index (χ2v) is 4.95. The van der Waals surface area contributed by atoms with Crippen molar-refractivity contribution in [2.75, 3.05) is 36.8 Å². The van der Waals surface area contributed by atoms with Crippen LogP contribution < -0.4 is 21.7 Å². The summed E-state index contributed by atoms with van der Waals surface area (Å²) in [6, 6.07) is 3.22. The molecule has 2 saturated heterocycles. The molecule has 3 rings (SSSR count). The first-order valence-corrected chi connectivity index (χ1v) is 6.42. The zero-order valence-electron chi connectivity index (χ0n) is 10.9. The number of rotatable bonds is 2. The molecule has 2 fully saturated rings. The van der Waals surface area contributed by atoms with Crippen LogP contribution in [0.5, 0.6) is 0 Å². The van der Waals surface area contributed by atoms with Crippen LogP contribution in [0.2, 0.25) is 0 Å². The van der Waals surface area contributed by atoms with Crippen molar-refractivity contribution in [1.29, 1.82) is 0 Å². The van der Waals surface area contributed by atoms with E-state index in [0.717, 1.165) is 0 Å². The number of amides is 3. The monoisotopic (exact) mass is 276 g/mol. The zero-order valence-corrected chi connectivity index (χ0v) is 10.9. The lowest BCUT2D eigenvalue weighted by Gasteiger charge is -2.37. The summed E-state index contributed by atoms with van der Waals surface area (Å²) in [6.45, 7) is 2.49. The van der Waals surface area contributed by atoms with Gasteiger partial charge in [-0.15, -0.1) is 0 Å². The lowest BCUT2D eigenvalue weighted by Crippen LogP contribution is -2.52. The standard InChI is InChI=1S/C12H16N6O2/c13-8-1-2-9(10(14)19)16-11(8)17-3-4-18-7(6-17)5-15-12(18)20/h1-2,7H,3-6,13H2,(H2,14,19)(H,15,20). The number of anilines is 2. The molecular formula is C12H16N6O2. The van der Waals surface area contributed by atoms with Gasteiger partial charge >= 0.3 is 6.03 Å². The number of nitrogen functional groups attached to an aromatic ring is 1. The summed E-state index contributed by atoms with van der Waals surface area (Å²) < 4.78 is 0. The van der Waals surface area contributed by atoms with E-state index in [0.29, 0.717) is 37.7 Å². The Morgan fingerprint density at radius 3 is 2.95 bits per heavy atom. The third-order valence-electron chi connectivity index (χ3n) is 3.69. The first-order chi connectivity index (χ1) is 9.56. The van der Waals surface area contributed by atoms with Crippen molar-refractivity contribution in [3.05, 3.63) is 17.8 Å². The molecular weight excluding hydrogens is 260 g/mol. The van der Waals surface area contributed by atoms with Gasteiger partial charge in [0.25, 0.3) is 5.91 Å². The van der Waals surface area contributed by atoms with Gasteiger partial charge in [0.15, 0.2) is 5.82 Å². The second-order valence-electron chi connectivity index (χ2n) is 4.95. The van der Waals surface area contributed by atoms with Crippen molar-refractivity contribution < 1.29 is 9.59 Å². The molecule has 8 heteroatoms. The molecule has 0 bridgehead atoms.